The molecular weight excluding hydrogens is 402 g/mol. The largest absolute Gasteiger partial charge is 1.00 e. The predicted molar refractivity (Wildman–Crippen MR) is 87.7 cm³/mol. The van der Waals surface area contributed by atoms with Crippen LogP contribution in [0.2, 0.25) is 0 Å². The fraction of sp³-hybridized carbons (Fsp3) is 0. The van der Waals surface area contributed by atoms with E-state index in [0.717, 1.165) is 12.1 Å². The molecule has 0 amide bonds. The Bertz CT molecular complexity index is 1020. The Morgan fingerprint density at radius 2 is 1.62 bits per heavy atom. The van der Waals surface area contributed by atoms with Crippen LogP contribution in [0.4, 0.5) is 11.4 Å². The quantitative estimate of drug-likeness (QED) is 0.127. The summed E-state index contributed by atoms with van der Waals surface area (Å²) in [4.78, 5) is -1.83. The van der Waals surface area contributed by atoms with Crippen molar-refractivity contribution >= 4 is 36.5 Å². The fourth-order valence-corrected chi connectivity index (χ4v) is 3.53. The molecule has 26 heavy (non-hydrogen) atoms. The van der Waals surface area contributed by atoms with E-state index in [0.29, 0.717) is 0 Å². The Kier molecular flexibility index (Phi) is 9.54. The zero-order chi connectivity index (χ0) is 18.1. The maximum Gasteiger partial charge on any atom is 1.00 e. The molecule has 0 spiro atoms. The maximum atomic E-state index is 11.7. The summed E-state index contributed by atoms with van der Waals surface area (Å²) in [5.41, 5.74) is 9.88. The minimum absolute atomic E-state index is 0. The minimum atomic E-state index is -4.94. The normalized spacial score (nSPS) is 12.0. The van der Waals surface area contributed by atoms with Gasteiger partial charge < -0.3 is 11.5 Å². The van der Waals surface area contributed by atoms with Gasteiger partial charge in [0.25, 0.3) is 20.2 Å². The van der Waals surface area contributed by atoms with Crippen molar-refractivity contribution in [2.75, 3.05) is 11.5 Å². The molecule has 0 aliphatic rings. The van der Waals surface area contributed by atoms with Gasteiger partial charge in [-0.15, -0.1) is 17.7 Å². The Morgan fingerprint density at radius 3 is 2.08 bits per heavy atom. The summed E-state index contributed by atoms with van der Waals surface area (Å²) in [6.45, 7) is 0. The number of hydrogen-bond donors (Lipinski definition) is 4. The standard InChI is InChI=1S/C14H12N2O6S2.2Na/c15-11-7-6-10(14(13(11)16)24(20,21)22)12(23(17,18)19)8-9-4-2-1-3-5-9;;/h1-4,6-7H,15-16H2,(H,17,18,19)(H,20,21,22);;/q-2;2*+1. The third-order valence-corrected chi connectivity index (χ3v) is 4.74. The van der Waals surface area contributed by atoms with Gasteiger partial charge in [-0.25, -0.2) is 6.07 Å². The summed E-state index contributed by atoms with van der Waals surface area (Å²) >= 11 is 0. The van der Waals surface area contributed by atoms with Gasteiger partial charge >= 0.3 is 59.1 Å². The van der Waals surface area contributed by atoms with Crippen molar-refractivity contribution < 1.29 is 85.1 Å². The molecule has 6 N–H and O–H groups in total. The first-order chi connectivity index (χ1) is 11.0. The molecule has 0 fully saturated rings. The second-order valence-electron chi connectivity index (χ2n) is 4.63. The van der Waals surface area contributed by atoms with E-state index in [9.17, 15) is 25.9 Å². The van der Waals surface area contributed by atoms with E-state index in [1.807, 2.05) is 0 Å². The van der Waals surface area contributed by atoms with Crippen LogP contribution in [0.25, 0.3) is 4.91 Å². The number of benzene rings is 2. The van der Waals surface area contributed by atoms with Gasteiger partial charge in [0.15, 0.2) is 0 Å². The molecule has 2 aromatic carbocycles. The van der Waals surface area contributed by atoms with E-state index in [4.69, 9.17) is 11.5 Å². The van der Waals surface area contributed by atoms with Crippen molar-refractivity contribution in [3.8, 4) is 0 Å². The van der Waals surface area contributed by atoms with Gasteiger partial charge in [-0.3, -0.25) is 26.8 Å². The van der Waals surface area contributed by atoms with E-state index in [2.05, 4.69) is 12.1 Å². The number of nitrogens with two attached hydrogens (primary N) is 2. The van der Waals surface area contributed by atoms with E-state index in [1.165, 1.54) is 12.1 Å². The Labute approximate surface area is 195 Å². The minimum Gasteiger partial charge on any atom is -0.397 e. The molecule has 8 nitrogen and oxygen atoms in total. The summed E-state index contributed by atoms with van der Waals surface area (Å²) in [6.07, 6.45) is 2.35. The second kappa shape index (κ2) is 9.69. The average Bonchev–Trinajstić information content (AvgIpc) is 2.46. The predicted octanol–water partition coefficient (Wildman–Crippen LogP) is -5.01. The van der Waals surface area contributed by atoms with E-state index >= 15 is 0 Å². The van der Waals surface area contributed by atoms with Gasteiger partial charge in [-0.1, -0.05) is 17.0 Å². The van der Waals surface area contributed by atoms with Gasteiger partial charge in [0.1, 0.15) is 0 Å². The molecule has 0 aliphatic heterocycles. The number of nitrogen functional groups attached to an aromatic ring is 2. The monoisotopic (exact) mass is 414 g/mol. The van der Waals surface area contributed by atoms with E-state index in [-0.39, 0.29) is 70.4 Å². The van der Waals surface area contributed by atoms with Gasteiger partial charge in [-0.05, 0) is 0 Å². The first-order valence-corrected chi connectivity index (χ1v) is 9.14. The van der Waals surface area contributed by atoms with Crippen LogP contribution in [0.5, 0.6) is 0 Å². The van der Waals surface area contributed by atoms with Crippen LogP contribution in [0, 0.1) is 12.1 Å². The van der Waals surface area contributed by atoms with Gasteiger partial charge in [-0.2, -0.15) is 22.9 Å². The molecule has 0 aromatic heterocycles. The van der Waals surface area contributed by atoms with Crippen molar-refractivity contribution in [1.29, 1.82) is 0 Å². The SMILES string of the molecule is Nc1ccc(C(=[C-]c2[c-]cccc2)S(=O)(=O)O)c(S(=O)(=O)O)c1N.[Na+].[Na+]. The van der Waals surface area contributed by atoms with Crippen molar-refractivity contribution in [3.63, 3.8) is 0 Å². The number of hydrogen-bond acceptors (Lipinski definition) is 6. The summed E-state index contributed by atoms with van der Waals surface area (Å²) in [5.74, 6) is 0. The molecular formula is C14H12N2Na2O6S2. The smallest absolute Gasteiger partial charge is 0.397 e. The van der Waals surface area contributed by atoms with Gasteiger partial charge in [0.2, 0.25) is 0 Å². The summed E-state index contributed by atoms with van der Waals surface area (Å²) in [5, 5.41) is 0. The molecule has 0 saturated carbocycles. The molecule has 0 saturated heterocycles. The first-order valence-electron chi connectivity index (χ1n) is 6.26. The van der Waals surface area contributed by atoms with E-state index < -0.39 is 41.3 Å². The molecule has 0 aliphatic carbocycles. The van der Waals surface area contributed by atoms with Crippen molar-refractivity contribution in [1.82, 2.24) is 0 Å². The molecule has 2 aromatic rings. The third-order valence-electron chi connectivity index (χ3n) is 2.95. The summed E-state index contributed by atoms with van der Waals surface area (Å²) in [6, 6.07) is 10.8. The molecule has 2 rings (SSSR count). The molecule has 0 atom stereocenters. The number of rotatable bonds is 4. The summed E-state index contributed by atoms with van der Waals surface area (Å²) in [7, 11) is -9.85. The van der Waals surface area contributed by atoms with Crippen LogP contribution in [-0.4, -0.2) is 25.9 Å². The molecule has 12 heteroatoms. The van der Waals surface area contributed by atoms with Crippen molar-refractivity contribution in [2.24, 2.45) is 0 Å². The Balaban J connectivity index is 0.00000312. The number of anilines is 2. The van der Waals surface area contributed by atoms with Crippen LogP contribution < -0.4 is 70.6 Å². The molecule has 0 unspecified atom stereocenters. The first kappa shape index (κ1) is 25.6. The summed E-state index contributed by atoms with van der Waals surface area (Å²) < 4.78 is 65.4. The Hall–Kier alpha value is -0.400. The van der Waals surface area contributed by atoms with E-state index in [1.54, 1.807) is 12.1 Å². The second-order valence-corrected chi connectivity index (χ2v) is 7.34. The van der Waals surface area contributed by atoms with Crippen LogP contribution in [0.15, 0.2) is 41.3 Å². The van der Waals surface area contributed by atoms with Gasteiger partial charge in [0.05, 0.1) is 11.4 Å². The zero-order valence-corrected chi connectivity index (χ0v) is 19.6. The maximum absolute atomic E-state index is 11.7. The third kappa shape index (κ3) is 6.06. The van der Waals surface area contributed by atoms with Crippen molar-refractivity contribution in [2.45, 2.75) is 4.90 Å². The fourth-order valence-electron chi connectivity index (χ4n) is 1.94. The topological polar surface area (TPSA) is 161 Å². The molecule has 0 bridgehead atoms. The molecule has 0 heterocycles. The molecule has 128 valence electrons. The van der Waals surface area contributed by atoms with Crippen molar-refractivity contribution in [3.05, 3.63) is 59.7 Å². The zero-order valence-electron chi connectivity index (χ0n) is 14.0. The van der Waals surface area contributed by atoms with Crippen LogP contribution >= 0.6 is 0 Å². The van der Waals surface area contributed by atoms with Crippen LogP contribution in [0.1, 0.15) is 11.1 Å². The van der Waals surface area contributed by atoms with Crippen LogP contribution in [-0.2, 0) is 20.2 Å². The van der Waals surface area contributed by atoms with Crippen LogP contribution in [0.3, 0.4) is 0 Å². The molecule has 0 radical (unpaired) electrons. The average molecular weight is 414 g/mol. The van der Waals surface area contributed by atoms with Gasteiger partial charge in [0, 0.05) is 4.90 Å². The Morgan fingerprint density at radius 1 is 1.00 bits per heavy atom.